The highest BCUT2D eigenvalue weighted by atomic mass is 35.5. The summed E-state index contributed by atoms with van der Waals surface area (Å²) in [4.78, 5) is 16.0. The van der Waals surface area contributed by atoms with Gasteiger partial charge in [-0.1, -0.05) is 11.6 Å². The second kappa shape index (κ2) is 5.05. The van der Waals surface area contributed by atoms with Crippen molar-refractivity contribution in [1.82, 2.24) is 14.8 Å². The van der Waals surface area contributed by atoms with E-state index in [1.54, 1.807) is 37.1 Å². The second-order valence-electron chi connectivity index (χ2n) is 3.63. The fourth-order valence-electron chi connectivity index (χ4n) is 1.41. The van der Waals surface area contributed by atoms with Gasteiger partial charge in [0.15, 0.2) is 5.82 Å². The van der Waals surface area contributed by atoms with E-state index in [0.717, 1.165) is 0 Å². The molecule has 0 unspecified atom stereocenters. The number of nitrogens with one attached hydrogen (secondary N) is 2. The van der Waals surface area contributed by atoms with Gasteiger partial charge in [-0.15, -0.1) is 0 Å². The molecule has 2 aromatic heterocycles. The summed E-state index contributed by atoms with van der Waals surface area (Å²) >= 11 is 5.94. The van der Waals surface area contributed by atoms with E-state index in [4.69, 9.17) is 11.6 Å². The van der Waals surface area contributed by atoms with Crippen molar-refractivity contribution < 1.29 is 4.79 Å². The summed E-state index contributed by atoms with van der Waals surface area (Å²) in [6.07, 6.45) is 3.17. The Balaban J connectivity index is 2.23. The molecule has 2 N–H and O–H groups in total. The summed E-state index contributed by atoms with van der Waals surface area (Å²) in [5, 5.41) is 9.86. The topological polar surface area (TPSA) is 71.8 Å². The average Bonchev–Trinajstić information content (AvgIpc) is 2.75. The fourth-order valence-corrected chi connectivity index (χ4v) is 1.60. The number of anilines is 2. The van der Waals surface area contributed by atoms with Gasteiger partial charge in [-0.25, -0.2) is 4.98 Å². The number of rotatable bonds is 3. The molecular formula is C11H12ClN5O. The highest BCUT2D eigenvalue weighted by molar-refractivity contribution is 6.34. The van der Waals surface area contributed by atoms with Gasteiger partial charge >= 0.3 is 0 Å². The van der Waals surface area contributed by atoms with Crippen molar-refractivity contribution in [2.24, 2.45) is 7.05 Å². The summed E-state index contributed by atoms with van der Waals surface area (Å²) in [6, 6.07) is 3.28. The van der Waals surface area contributed by atoms with Crippen LogP contribution in [0.1, 0.15) is 10.4 Å². The van der Waals surface area contributed by atoms with Crippen molar-refractivity contribution in [2.45, 2.75) is 0 Å². The van der Waals surface area contributed by atoms with Crippen LogP contribution in [0.3, 0.4) is 0 Å². The molecule has 2 heterocycles. The van der Waals surface area contributed by atoms with Gasteiger partial charge in [0.25, 0.3) is 5.91 Å². The standard InChI is InChI=1S/C11H12ClN5O/c1-13-10-5-7(8(12)6-14-10)11(18)15-9-3-4-17(2)16-9/h3-6H,1-2H3,(H,13,14)(H,15,16,18). The molecule has 0 spiro atoms. The Morgan fingerprint density at radius 1 is 1.44 bits per heavy atom. The van der Waals surface area contributed by atoms with E-state index in [-0.39, 0.29) is 5.91 Å². The first-order valence-corrected chi connectivity index (χ1v) is 5.62. The number of halogens is 1. The Bertz CT molecular complexity index is 581. The van der Waals surface area contributed by atoms with Crippen LogP contribution in [0, 0.1) is 0 Å². The number of aromatic nitrogens is 3. The van der Waals surface area contributed by atoms with E-state index in [1.807, 2.05) is 0 Å². The van der Waals surface area contributed by atoms with Crippen LogP contribution in [0.4, 0.5) is 11.6 Å². The van der Waals surface area contributed by atoms with E-state index in [1.165, 1.54) is 6.20 Å². The van der Waals surface area contributed by atoms with Crippen molar-refractivity contribution in [3.05, 3.63) is 35.1 Å². The molecule has 0 aliphatic heterocycles. The maximum atomic E-state index is 12.0. The number of hydrogen-bond acceptors (Lipinski definition) is 4. The lowest BCUT2D eigenvalue weighted by molar-refractivity contribution is 0.102. The molecule has 0 fully saturated rings. The molecule has 94 valence electrons. The van der Waals surface area contributed by atoms with Gasteiger partial charge in [-0.05, 0) is 6.07 Å². The molecule has 7 heteroatoms. The van der Waals surface area contributed by atoms with Crippen molar-refractivity contribution in [1.29, 1.82) is 0 Å². The highest BCUT2D eigenvalue weighted by Gasteiger charge is 2.13. The number of carbonyl (C=O) groups excluding carboxylic acids is 1. The number of pyridine rings is 1. The Morgan fingerprint density at radius 2 is 2.22 bits per heavy atom. The van der Waals surface area contributed by atoms with Crippen LogP contribution in [0.25, 0.3) is 0 Å². The number of hydrogen-bond donors (Lipinski definition) is 2. The van der Waals surface area contributed by atoms with Crippen LogP contribution < -0.4 is 10.6 Å². The third kappa shape index (κ3) is 2.60. The molecule has 0 aromatic carbocycles. The first-order valence-electron chi connectivity index (χ1n) is 5.24. The monoisotopic (exact) mass is 265 g/mol. The van der Waals surface area contributed by atoms with Gasteiger partial charge in [0, 0.05) is 32.6 Å². The van der Waals surface area contributed by atoms with Crippen LogP contribution in [0.15, 0.2) is 24.5 Å². The summed E-state index contributed by atoms with van der Waals surface area (Å²) in [7, 11) is 3.49. The van der Waals surface area contributed by atoms with E-state index in [9.17, 15) is 4.79 Å². The van der Waals surface area contributed by atoms with Gasteiger partial charge in [-0.2, -0.15) is 5.10 Å². The van der Waals surface area contributed by atoms with Gasteiger partial charge in [0.05, 0.1) is 10.6 Å². The van der Waals surface area contributed by atoms with E-state index in [0.29, 0.717) is 22.2 Å². The van der Waals surface area contributed by atoms with Gasteiger partial charge in [0.2, 0.25) is 0 Å². The molecule has 6 nitrogen and oxygen atoms in total. The molecule has 0 atom stereocenters. The van der Waals surface area contributed by atoms with Crippen LogP contribution in [-0.4, -0.2) is 27.7 Å². The number of amides is 1. The zero-order valence-electron chi connectivity index (χ0n) is 9.94. The molecule has 0 radical (unpaired) electrons. The fraction of sp³-hybridized carbons (Fsp3) is 0.182. The maximum Gasteiger partial charge on any atom is 0.258 e. The minimum Gasteiger partial charge on any atom is -0.373 e. The summed E-state index contributed by atoms with van der Waals surface area (Å²) in [5.74, 6) is 0.726. The molecule has 2 rings (SSSR count). The molecule has 0 aliphatic rings. The maximum absolute atomic E-state index is 12.0. The molecule has 0 bridgehead atoms. The highest BCUT2D eigenvalue weighted by Crippen LogP contribution is 2.19. The third-order valence-corrected chi connectivity index (χ3v) is 2.61. The van der Waals surface area contributed by atoms with E-state index < -0.39 is 0 Å². The Labute approximate surface area is 109 Å². The van der Waals surface area contributed by atoms with Crippen LogP contribution >= 0.6 is 11.6 Å². The normalized spacial score (nSPS) is 10.2. The molecule has 1 amide bonds. The minimum atomic E-state index is -0.322. The Morgan fingerprint density at radius 3 is 2.83 bits per heavy atom. The van der Waals surface area contributed by atoms with Crippen molar-refractivity contribution in [3.8, 4) is 0 Å². The van der Waals surface area contributed by atoms with Gasteiger partial charge < -0.3 is 10.6 Å². The molecular weight excluding hydrogens is 254 g/mol. The number of aryl methyl sites for hydroxylation is 1. The quantitative estimate of drug-likeness (QED) is 0.887. The predicted octanol–water partition coefficient (Wildman–Crippen LogP) is 1.76. The predicted molar refractivity (Wildman–Crippen MR) is 70.0 cm³/mol. The summed E-state index contributed by atoms with van der Waals surface area (Å²) < 4.78 is 1.60. The van der Waals surface area contributed by atoms with Crippen LogP contribution in [0.2, 0.25) is 5.02 Å². The molecule has 2 aromatic rings. The van der Waals surface area contributed by atoms with E-state index >= 15 is 0 Å². The number of nitrogens with zero attached hydrogens (tertiary/aromatic N) is 3. The molecule has 0 saturated carbocycles. The van der Waals surface area contributed by atoms with Gasteiger partial charge in [0.1, 0.15) is 5.82 Å². The zero-order valence-corrected chi connectivity index (χ0v) is 10.7. The SMILES string of the molecule is CNc1cc(C(=O)Nc2ccn(C)n2)c(Cl)cn1. The molecule has 18 heavy (non-hydrogen) atoms. The largest absolute Gasteiger partial charge is 0.373 e. The minimum absolute atomic E-state index is 0.294. The second-order valence-corrected chi connectivity index (χ2v) is 4.04. The Hall–Kier alpha value is -2.08. The summed E-state index contributed by atoms with van der Waals surface area (Å²) in [6.45, 7) is 0. The lowest BCUT2D eigenvalue weighted by atomic mass is 10.2. The Kier molecular flexibility index (Phi) is 3.47. The first-order chi connectivity index (χ1) is 8.60. The molecule has 0 aliphatic carbocycles. The zero-order chi connectivity index (χ0) is 13.1. The first kappa shape index (κ1) is 12.4. The number of carbonyl (C=O) groups is 1. The van der Waals surface area contributed by atoms with E-state index in [2.05, 4.69) is 20.7 Å². The average molecular weight is 266 g/mol. The van der Waals surface area contributed by atoms with Crippen molar-refractivity contribution in [3.63, 3.8) is 0 Å². The lowest BCUT2D eigenvalue weighted by Gasteiger charge is -2.06. The van der Waals surface area contributed by atoms with Crippen molar-refractivity contribution in [2.75, 3.05) is 17.7 Å². The third-order valence-electron chi connectivity index (χ3n) is 2.31. The smallest absolute Gasteiger partial charge is 0.258 e. The molecule has 0 saturated heterocycles. The lowest BCUT2D eigenvalue weighted by Crippen LogP contribution is -2.14. The van der Waals surface area contributed by atoms with Crippen LogP contribution in [0.5, 0.6) is 0 Å². The van der Waals surface area contributed by atoms with Gasteiger partial charge in [-0.3, -0.25) is 9.48 Å². The van der Waals surface area contributed by atoms with Crippen LogP contribution in [-0.2, 0) is 7.05 Å². The van der Waals surface area contributed by atoms with Crippen molar-refractivity contribution >= 4 is 29.1 Å². The summed E-state index contributed by atoms with van der Waals surface area (Å²) in [5.41, 5.74) is 0.349.